The van der Waals surface area contributed by atoms with Crippen molar-refractivity contribution in [3.8, 4) is 0 Å². The first-order chi connectivity index (χ1) is 11.1. The van der Waals surface area contributed by atoms with Gasteiger partial charge in [0, 0.05) is 13.6 Å². The molecule has 0 heterocycles. The third kappa shape index (κ3) is 4.78. The van der Waals surface area contributed by atoms with Gasteiger partial charge in [0.15, 0.2) is 0 Å². The summed E-state index contributed by atoms with van der Waals surface area (Å²) in [6.45, 7) is -0.0539. The number of sulfonamides is 1. The predicted octanol–water partition coefficient (Wildman–Crippen LogP) is 3.81. The van der Waals surface area contributed by atoms with Crippen molar-refractivity contribution in [3.63, 3.8) is 0 Å². The molecule has 0 aliphatic carbocycles. The second kappa shape index (κ2) is 6.90. The monoisotopic (exact) mass is 361 g/mol. The normalized spacial score (nSPS) is 12.6. The van der Waals surface area contributed by atoms with Crippen molar-refractivity contribution >= 4 is 10.0 Å². The Morgan fingerprint density at radius 3 is 1.92 bits per heavy atom. The topological polar surface area (TPSA) is 37.4 Å². The Labute approximate surface area is 137 Å². The van der Waals surface area contributed by atoms with Crippen LogP contribution in [-0.2, 0) is 28.5 Å². The Kier molecular flexibility index (Phi) is 5.29. The van der Waals surface area contributed by atoms with Crippen LogP contribution >= 0.6 is 0 Å². The molecule has 0 amide bonds. The van der Waals surface area contributed by atoms with Gasteiger partial charge in [-0.3, -0.25) is 0 Å². The van der Waals surface area contributed by atoms with Gasteiger partial charge < -0.3 is 0 Å². The van der Waals surface area contributed by atoms with E-state index in [0.717, 1.165) is 16.4 Å². The molecule has 0 aliphatic heterocycles. The highest BCUT2D eigenvalue weighted by Gasteiger charge is 2.30. The number of rotatable bonds is 5. The molecule has 2 aromatic rings. The molecular weight excluding hydrogens is 346 g/mol. The van der Waals surface area contributed by atoms with E-state index in [1.54, 1.807) is 0 Å². The second-order valence-corrected chi connectivity index (χ2v) is 7.41. The van der Waals surface area contributed by atoms with Crippen molar-refractivity contribution in [2.75, 3.05) is 7.05 Å². The fraction of sp³-hybridized carbons (Fsp3) is 0.250. The molecule has 0 bridgehead atoms. The van der Waals surface area contributed by atoms with Crippen LogP contribution in [0.3, 0.4) is 0 Å². The summed E-state index contributed by atoms with van der Waals surface area (Å²) in [6, 6.07) is 9.39. The van der Waals surface area contributed by atoms with Crippen molar-refractivity contribution in [1.29, 1.82) is 0 Å². The maximum absolute atomic E-state index is 12.8. The molecule has 130 valence electrons. The Morgan fingerprint density at radius 1 is 0.917 bits per heavy atom. The van der Waals surface area contributed by atoms with Gasteiger partial charge in [-0.15, -0.1) is 0 Å². The van der Waals surface area contributed by atoms with E-state index in [0.29, 0.717) is 11.1 Å². The summed E-state index contributed by atoms with van der Waals surface area (Å²) in [5, 5.41) is 0. The third-order valence-corrected chi connectivity index (χ3v) is 5.20. The zero-order chi connectivity index (χ0) is 18.0. The van der Waals surface area contributed by atoms with Crippen molar-refractivity contribution in [2.45, 2.75) is 18.5 Å². The van der Waals surface area contributed by atoms with E-state index in [1.807, 2.05) is 0 Å². The zero-order valence-electron chi connectivity index (χ0n) is 12.7. The number of benzene rings is 2. The summed E-state index contributed by atoms with van der Waals surface area (Å²) >= 11 is 0. The molecule has 24 heavy (non-hydrogen) atoms. The molecule has 2 aromatic carbocycles. The molecule has 0 aromatic heterocycles. The maximum atomic E-state index is 12.8. The molecule has 0 fully saturated rings. The Balaban J connectivity index is 2.07. The highest BCUT2D eigenvalue weighted by Crippen LogP contribution is 2.29. The summed E-state index contributed by atoms with van der Waals surface area (Å²) in [6.07, 6.45) is -4.43. The molecule has 0 aliphatic rings. The van der Waals surface area contributed by atoms with Crippen molar-refractivity contribution in [2.24, 2.45) is 0 Å². The third-order valence-electron chi connectivity index (χ3n) is 3.42. The SMILES string of the molecule is CN(Cc1ccc(C(F)(F)F)cc1)S(=O)(=O)Cc1ccc(F)cc1. The summed E-state index contributed by atoms with van der Waals surface area (Å²) in [5.74, 6) is -0.779. The number of halogens is 4. The lowest BCUT2D eigenvalue weighted by Crippen LogP contribution is -2.27. The smallest absolute Gasteiger partial charge is 0.212 e. The fourth-order valence-electron chi connectivity index (χ4n) is 2.06. The molecule has 0 spiro atoms. The van der Waals surface area contributed by atoms with Gasteiger partial charge >= 0.3 is 6.18 Å². The minimum Gasteiger partial charge on any atom is -0.212 e. The highest BCUT2D eigenvalue weighted by molar-refractivity contribution is 7.88. The van der Waals surface area contributed by atoms with E-state index in [-0.39, 0.29) is 12.3 Å². The van der Waals surface area contributed by atoms with E-state index in [9.17, 15) is 26.0 Å². The van der Waals surface area contributed by atoms with E-state index in [2.05, 4.69) is 0 Å². The lowest BCUT2D eigenvalue weighted by molar-refractivity contribution is -0.137. The second-order valence-electron chi connectivity index (χ2n) is 5.33. The molecule has 0 radical (unpaired) electrons. The predicted molar refractivity (Wildman–Crippen MR) is 81.9 cm³/mol. The molecule has 0 unspecified atom stereocenters. The molecule has 0 saturated carbocycles. The fourth-order valence-corrected chi connectivity index (χ4v) is 3.24. The van der Waals surface area contributed by atoms with E-state index < -0.39 is 27.6 Å². The first kappa shape index (κ1) is 18.4. The first-order valence-corrected chi connectivity index (χ1v) is 8.53. The van der Waals surface area contributed by atoms with Gasteiger partial charge in [-0.1, -0.05) is 24.3 Å². The average molecular weight is 361 g/mol. The summed E-state index contributed by atoms with van der Waals surface area (Å²) in [4.78, 5) is 0. The van der Waals surface area contributed by atoms with Gasteiger partial charge in [0.25, 0.3) is 0 Å². The minimum absolute atomic E-state index is 0.0539. The number of hydrogen-bond donors (Lipinski definition) is 0. The molecule has 2 rings (SSSR count). The van der Waals surface area contributed by atoms with E-state index in [1.165, 1.54) is 43.4 Å². The van der Waals surface area contributed by atoms with Crippen molar-refractivity contribution in [1.82, 2.24) is 4.31 Å². The van der Waals surface area contributed by atoms with E-state index in [4.69, 9.17) is 0 Å². The summed E-state index contributed by atoms with van der Waals surface area (Å²) in [5.41, 5.74) is 0.0759. The maximum Gasteiger partial charge on any atom is 0.416 e. The summed E-state index contributed by atoms with van der Waals surface area (Å²) < 4.78 is 76.0. The van der Waals surface area contributed by atoms with Gasteiger partial charge in [0.1, 0.15) is 5.82 Å². The van der Waals surface area contributed by atoms with Gasteiger partial charge in [-0.05, 0) is 35.4 Å². The Hall–Kier alpha value is -1.93. The number of alkyl halides is 3. The Morgan fingerprint density at radius 2 is 1.42 bits per heavy atom. The first-order valence-electron chi connectivity index (χ1n) is 6.92. The van der Waals surface area contributed by atoms with Crippen LogP contribution in [0.4, 0.5) is 17.6 Å². The van der Waals surface area contributed by atoms with Crippen LogP contribution in [0.2, 0.25) is 0 Å². The van der Waals surface area contributed by atoms with Crippen LogP contribution in [0.1, 0.15) is 16.7 Å². The molecule has 8 heteroatoms. The largest absolute Gasteiger partial charge is 0.416 e. The van der Waals surface area contributed by atoms with Crippen LogP contribution in [0, 0.1) is 5.82 Å². The van der Waals surface area contributed by atoms with Crippen LogP contribution in [0.15, 0.2) is 48.5 Å². The van der Waals surface area contributed by atoms with Gasteiger partial charge in [-0.2, -0.15) is 13.2 Å². The van der Waals surface area contributed by atoms with Crippen LogP contribution in [0.25, 0.3) is 0 Å². The lowest BCUT2D eigenvalue weighted by Gasteiger charge is -2.17. The van der Waals surface area contributed by atoms with Crippen LogP contribution in [0.5, 0.6) is 0 Å². The molecule has 3 nitrogen and oxygen atoms in total. The van der Waals surface area contributed by atoms with Crippen LogP contribution < -0.4 is 0 Å². The minimum atomic E-state index is -4.43. The summed E-state index contributed by atoms with van der Waals surface area (Å²) in [7, 11) is -2.33. The lowest BCUT2D eigenvalue weighted by atomic mass is 10.1. The van der Waals surface area contributed by atoms with Crippen LogP contribution in [-0.4, -0.2) is 19.8 Å². The van der Waals surface area contributed by atoms with Gasteiger partial charge in [-0.25, -0.2) is 17.1 Å². The zero-order valence-corrected chi connectivity index (χ0v) is 13.5. The molecule has 0 N–H and O–H groups in total. The van der Waals surface area contributed by atoms with Gasteiger partial charge in [0.2, 0.25) is 10.0 Å². The number of hydrogen-bond acceptors (Lipinski definition) is 2. The van der Waals surface area contributed by atoms with Crippen molar-refractivity contribution in [3.05, 3.63) is 71.0 Å². The van der Waals surface area contributed by atoms with Crippen molar-refractivity contribution < 1.29 is 26.0 Å². The molecule has 0 saturated heterocycles. The Bertz CT molecular complexity index is 784. The quantitative estimate of drug-likeness (QED) is 0.760. The molecular formula is C16H15F4NO2S. The molecule has 0 atom stereocenters. The highest BCUT2D eigenvalue weighted by atomic mass is 32.2. The standard InChI is InChI=1S/C16H15F4NO2S/c1-21(10-12-2-6-14(7-3-12)16(18,19)20)24(22,23)11-13-4-8-15(17)9-5-13/h2-9H,10-11H2,1H3. The van der Waals surface area contributed by atoms with Gasteiger partial charge in [0.05, 0.1) is 11.3 Å². The number of nitrogens with zero attached hydrogens (tertiary/aromatic N) is 1. The average Bonchev–Trinajstić information content (AvgIpc) is 2.49. The van der Waals surface area contributed by atoms with E-state index >= 15 is 0 Å².